The Kier molecular flexibility index (Phi) is 5.94. The van der Waals surface area contributed by atoms with E-state index in [9.17, 15) is 4.79 Å². The number of carbonyl (C=O) groups is 1. The number of piperidine rings is 1. The van der Waals surface area contributed by atoms with Gasteiger partial charge in [0, 0.05) is 19.1 Å². The van der Waals surface area contributed by atoms with Crippen LogP contribution < -0.4 is 5.32 Å². The van der Waals surface area contributed by atoms with Crippen molar-refractivity contribution in [2.45, 2.75) is 45.6 Å². The monoisotopic (exact) mass is 310 g/mol. The topological polar surface area (TPSA) is 58.1 Å². The molecule has 0 spiro atoms. The third kappa shape index (κ3) is 4.38. The Morgan fingerprint density at radius 2 is 2.24 bits per heavy atom. The standard InChI is InChI=1S/C15H23ClN4O/c1-11-6-3-4-8-20(11)9-5-7-17-15-13(10-21)14(16)18-12(2)19-15/h10-11H,3-9H2,1-2H3,(H,17,18,19). The van der Waals surface area contributed by atoms with E-state index in [0.717, 1.165) is 19.5 Å². The average Bonchev–Trinajstić information content (AvgIpc) is 2.45. The Balaban J connectivity index is 1.84. The predicted octanol–water partition coefficient (Wildman–Crippen LogP) is 2.93. The van der Waals surface area contributed by atoms with Crippen LogP contribution in [0.3, 0.4) is 0 Å². The van der Waals surface area contributed by atoms with E-state index in [1.165, 1.54) is 25.8 Å². The van der Waals surface area contributed by atoms with E-state index in [4.69, 9.17) is 11.6 Å². The van der Waals surface area contributed by atoms with Crippen LogP contribution in [0.4, 0.5) is 5.82 Å². The minimum absolute atomic E-state index is 0.213. The number of aromatic nitrogens is 2. The zero-order valence-electron chi connectivity index (χ0n) is 12.7. The summed E-state index contributed by atoms with van der Waals surface area (Å²) < 4.78 is 0. The zero-order chi connectivity index (χ0) is 15.2. The van der Waals surface area contributed by atoms with Crippen LogP contribution in [0, 0.1) is 6.92 Å². The van der Waals surface area contributed by atoms with Gasteiger partial charge in [-0.1, -0.05) is 18.0 Å². The Labute approximate surface area is 131 Å². The van der Waals surface area contributed by atoms with E-state index < -0.39 is 0 Å². The predicted molar refractivity (Wildman–Crippen MR) is 85.2 cm³/mol. The summed E-state index contributed by atoms with van der Waals surface area (Å²) in [7, 11) is 0. The Morgan fingerprint density at radius 1 is 1.43 bits per heavy atom. The van der Waals surface area contributed by atoms with Crippen molar-refractivity contribution in [1.82, 2.24) is 14.9 Å². The van der Waals surface area contributed by atoms with Gasteiger partial charge in [0.1, 0.15) is 16.8 Å². The zero-order valence-corrected chi connectivity index (χ0v) is 13.5. The van der Waals surface area contributed by atoms with Crippen molar-refractivity contribution in [3.8, 4) is 0 Å². The first-order valence-electron chi connectivity index (χ1n) is 7.59. The van der Waals surface area contributed by atoms with Crippen molar-refractivity contribution in [1.29, 1.82) is 0 Å². The molecule has 1 saturated heterocycles. The largest absolute Gasteiger partial charge is 0.369 e. The fraction of sp³-hybridized carbons (Fsp3) is 0.667. The average molecular weight is 311 g/mol. The van der Waals surface area contributed by atoms with Crippen LogP contribution in [0.15, 0.2) is 0 Å². The van der Waals surface area contributed by atoms with Gasteiger partial charge in [-0.3, -0.25) is 4.79 Å². The SMILES string of the molecule is Cc1nc(Cl)c(C=O)c(NCCCN2CCCCC2C)n1. The van der Waals surface area contributed by atoms with Crippen LogP contribution in [0.1, 0.15) is 48.8 Å². The van der Waals surface area contributed by atoms with Crippen molar-refractivity contribution in [2.24, 2.45) is 0 Å². The summed E-state index contributed by atoms with van der Waals surface area (Å²) in [5.41, 5.74) is 0.341. The molecule has 1 fully saturated rings. The molecule has 0 bridgehead atoms. The summed E-state index contributed by atoms with van der Waals surface area (Å²) >= 11 is 5.96. The van der Waals surface area contributed by atoms with Gasteiger partial charge < -0.3 is 10.2 Å². The van der Waals surface area contributed by atoms with Crippen LogP contribution >= 0.6 is 11.6 Å². The van der Waals surface area contributed by atoms with E-state index in [1.54, 1.807) is 6.92 Å². The molecule has 1 aliphatic heterocycles. The lowest BCUT2D eigenvalue weighted by Crippen LogP contribution is -2.38. The molecule has 0 saturated carbocycles. The van der Waals surface area contributed by atoms with Gasteiger partial charge in [0.25, 0.3) is 0 Å². The van der Waals surface area contributed by atoms with Gasteiger partial charge in [-0.2, -0.15) is 0 Å². The molecule has 1 atom stereocenters. The molecule has 116 valence electrons. The number of hydrogen-bond donors (Lipinski definition) is 1. The van der Waals surface area contributed by atoms with Crippen molar-refractivity contribution < 1.29 is 4.79 Å². The Bertz CT molecular complexity index is 495. The highest BCUT2D eigenvalue weighted by Gasteiger charge is 2.17. The van der Waals surface area contributed by atoms with Gasteiger partial charge in [0.2, 0.25) is 0 Å². The van der Waals surface area contributed by atoms with E-state index >= 15 is 0 Å². The van der Waals surface area contributed by atoms with E-state index in [0.29, 0.717) is 29.5 Å². The van der Waals surface area contributed by atoms with Crippen molar-refractivity contribution in [2.75, 3.05) is 25.0 Å². The summed E-state index contributed by atoms with van der Waals surface area (Å²) in [6.45, 7) is 7.10. The molecule has 1 aliphatic rings. The maximum absolute atomic E-state index is 11.1. The van der Waals surface area contributed by atoms with E-state index in [-0.39, 0.29) is 5.15 Å². The molecule has 1 unspecified atom stereocenters. The molecule has 2 rings (SSSR count). The van der Waals surface area contributed by atoms with Gasteiger partial charge in [-0.25, -0.2) is 9.97 Å². The highest BCUT2D eigenvalue weighted by atomic mass is 35.5. The summed E-state index contributed by atoms with van der Waals surface area (Å²) in [4.78, 5) is 21.8. The molecule has 5 nitrogen and oxygen atoms in total. The minimum atomic E-state index is 0.213. The summed E-state index contributed by atoms with van der Waals surface area (Å²) in [6.07, 6.45) is 5.66. The molecule has 0 aliphatic carbocycles. The Hall–Kier alpha value is -1.20. The molecule has 21 heavy (non-hydrogen) atoms. The van der Waals surface area contributed by atoms with Crippen LogP contribution in [-0.2, 0) is 0 Å². The van der Waals surface area contributed by atoms with Crippen LogP contribution in [0.25, 0.3) is 0 Å². The quantitative estimate of drug-likeness (QED) is 0.497. The van der Waals surface area contributed by atoms with Gasteiger partial charge in [0.05, 0.1) is 5.56 Å². The molecule has 1 aromatic heterocycles. The van der Waals surface area contributed by atoms with Gasteiger partial charge in [0.15, 0.2) is 6.29 Å². The smallest absolute Gasteiger partial charge is 0.156 e. The fourth-order valence-corrected chi connectivity index (χ4v) is 3.02. The van der Waals surface area contributed by atoms with Gasteiger partial charge in [-0.15, -0.1) is 0 Å². The molecule has 6 heteroatoms. The van der Waals surface area contributed by atoms with Crippen LogP contribution in [0.5, 0.6) is 0 Å². The number of nitrogens with one attached hydrogen (secondary N) is 1. The lowest BCUT2D eigenvalue weighted by atomic mass is 10.0. The molecule has 2 heterocycles. The number of aldehydes is 1. The summed E-state index contributed by atoms with van der Waals surface area (Å²) in [5, 5.41) is 3.42. The lowest BCUT2D eigenvalue weighted by molar-refractivity contribution is 0.112. The maximum Gasteiger partial charge on any atom is 0.156 e. The third-order valence-electron chi connectivity index (χ3n) is 3.98. The second kappa shape index (κ2) is 7.71. The van der Waals surface area contributed by atoms with Gasteiger partial charge in [-0.05, 0) is 39.7 Å². The van der Waals surface area contributed by atoms with Crippen molar-refractivity contribution >= 4 is 23.7 Å². The first kappa shape index (κ1) is 16.2. The van der Waals surface area contributed by atoms with Crippen LogP contribution in [-0.4, -0.2) is 46.8 Å². The van der Waals surface area contributed by atoms with Crippen molar-refractivity contribution in [3.05, 3.63) is 16.5 Å². The number of carbonyl (C=O) groups excluding carboxylic acids is 1. The molecule has 0 aromatic carbocycles. The van der Waals surface area contributed by atoms with E-state index in [2.05, 4.69) is 27.1 Å². The van der Waals surface area contributed by atoms with Gasteiger partial charge >= 0.3 is 0 Å². The summed E-state index contributed by atoms with van der Waals surface area (Å²) in [5.74, 6) is 1.10. The molecule has 1 aromatic rings. The normalized spacial score (nSPS) is 19.5. The van der Waals surface area contributed by atoms with Crippen molar-refractivity contribution in [3.63, 3.8) is 0 Å². The van der Waals surface area contributed by atoms with Crippen LogP contribution in [0.2, 0.25) is 5.15 Å². The minimum Gasteiger partial charge on any atom is -0.369 e. The second-order valence-corrected chi connectivity index (χ2v) is 5.96. The maximum atomic E-state index is 11.1. The number of nitrogens with zero attached hydrogens (tertiary/aromatic N) is 3. The molecule has 1 N–H and O–H groups in total. The summed E-state index contributed by atoms with van der Waals surface area (Å²) in [6, 6.07) is 0.681. The lowest BCUT2D eigenvalue weighted by Gasteiger charge is -2.33. The number of anilines is 1. The second-order valence-electron chi connectivity index (χ2n) is 5.60. The number of halogens is 1. The number of likely N-dealkylation sites (tertiary alicyclic amines) is 1. The molecular weight excluding hydrogens is 288 g/mol. The third-order valence-corrected chi connectivity index (χ3v) is 4.27. The first-order valence-corrected chi connectivity index (χ1v) is 7.97. The van der Waals surface area contributed by atoms with E-state index in [1.807, 2.05) is 0 Å². The number of rotatable bonds is 6. The Morgan fingerprint density at radius 3 is 2.95 bits per heavy atom. The molecular formula is C15H23ClN4O. The highest BCUT2D eigenvalue weighted by molar-refractivity contribution is 6.32. The first-order chi connectivity index (χ1) is 10.1. The molecule has 0 amide bonds. The fourth-order valence-electron chi connectivity index (χ4n) is 2.76. The molecule has 0 radical (unpaired) electrons. The number of hydrogen-bond acceptors (Lipinski definition) is 5. The highest BCUT2D eigenvalue weighted by Crippen LogP contribution is 2.19. The number of aryl methyl sites for hydroxylation is 1.